The predicted octanol–water partition coefficient (Wildman–Crippen LogP) is 2.33. The first-order valence-electron chi connectivity index (χ1n) is 6.12. The highest BCUT2D eigenvalue weighted by molar-refractivity contribution is 9.10. The minimum atomic E-state index is -0.104. The van der Waals surface area contributed by atoms with Gasteiger partial charge in [-0.15, -0.1) is 0 Å². The molecule has 1 fully saturated rings. The highest BCUT2D eigenvalue weighted by Crippen LogP contribution is 2.23. The number of hydrogen-bond donors (Lipinski definition) is 2. The Morgan fingerprint density at radius 1 is 1.56 bits per heavy atom. The summed E-state index contributed by atoms with van der Waals surface area (Å²) in [6, 6.07) is 5.28. The van der Waals surface area contributed by atoms with Crippen molar-refractivity contribution >= 4 is 27.5 Å². The summed E-state index contributed by atoms with van der Waals surface area (Å²) in [6.45, 7) is 1.48. The van der Waals surface area contributed by atoms with E-state index >= 15 is 0 Å². The topological polar surface area (TPSA) is 64.4 Å². The van der Waals surface area contributed by atoms with E-state index in [1.807, 2.05) is 0 Å². The van der Waals surface area contributed by atoms with Crippen LogP contribution in [0.4, 0.5) is 5.69 Å². The standard InChI is InChI=1S/C13H17BrN2O2/c14-12-10(4-1-5-11(12)15)13(17)16-7-6-9-3-2-8-18-9/h1,4-5,9H,2-3,6-8,15H2,(H,16,17). The second-order valence-electron chi connectivity index (χ2n) is 4.39. The van der Waals surface area contributed by atoms with E-state index < -0.39 is 0 Å². The van der Waals surface area contributed by atoms with Crippen molar-refractivity contribution in [3.05, 3.63) is 28.2 Å². The maximum atomic E-state index is 12.0. The smallest absolute Gasteiger partial charge is 0.252 e. The second-order valence-corrected chi connectivity index (χ2v) is 5.18. The maximum absolute atomic E-state index is 12.0. The van der Waals surface area contributed by atoms with E-state index in [9.17, 15) is 4.79 Å². The van der Waals surface area contributed by atoms with Gasteiger partial charge in [-0.25, -0.2) is 0 Å². The summed E-state index contributed by atoms with van der Waals surface area (Å²) in [4.78, 5) is 12.0. The van der Waals surface area contributed by atoms with Crippen molar-refractivity contribution in [1.82, 2.24) is 5.32 Å². The first-order valence-corrected chi connectivity index (χ1v) is 6.91. The molecule has 1 aromatic rings. The van der Waals surface area contributed by atoms with Crippen LogP contribution in [0.1, 0.15) is 29.6 Å². The van der Waals surface area contributed by atoms with E-state index in [0.717, 1.165) is 25.9 Å². The molecule has 1 aliphatic heterocycles. The molecule has 1 atom stereocenters. The molecule has 0 radical (unpaired) electrons. The molecule has 1 saturated heterocycles. The van der Waals surface area contributed by atoms with Crippen molar-refractivity contribution in [1.29, 1.82) is 0 Å². The van der Waals surface area contributed by atoms with Gasteiger partial charge < -0.3 is 15.8 Å². The zero-order valence-electron chi connectivity index (χ0n) is 10.1. The summed E-state index contributed by atoms with van der Waals surface area (Å²) in [6.07, 6.45) is 3.39. The average molecular weight is 313 g/mol. The van der Waals surface area contributed by atoms with Crippen LogP contribution in [0.3, 0.4) is 0 Å². The molecule has 0 aromatic heterocycles. The van der Waals surface area contributed by atoms with Gasteiger partial charge in [-0.05, 0) is 47.3 Å². The number of halogens is 1. The lowest BCUT2D eigenvalue weighted by Crippen LogP contribution is -2.27. The lowest BCUT2D eigenvalue weighted by Gasteiger charge is -2.11. The van der Waals surface area contributed by atoms with Gasteiger partial charge in [0.15, 0.2) is 0 Å². The quantitative estimate of drug-likeness (QED) is 0.839. The summed E-state index contributed by atoms with van der Waals surface area (Å²) >= 11 is 3.33. The van der Waals surface area contributed by atoms with Gasteiger partial charge in [0.1, 0.15) is 0 Å². The van der Waals surface area contributed by atoms with Crippen molar-refractivity contribution in [2.75, 3.05) is 18.9 Å². The lowest BCUT2D eigenvalue weighted by atomic mass is 10.1. The van der Waals surface area contributed by atoms with E-state index in [4.69, 9.17) is 10.5 Å². The lowest BCUT2D eigenvalue weighted by molar-refractivity contribution is 0.0906. The SMILES string of the molecule is Nc1cccc(C(=O)NCCC2CCCO2)c1Br. The molecule has 1 heterocycles. The van der Waals surface area contributed by atoms with Crippen LogP contribution in [0.2, 0.25) is 0 Å². The van der Waals surface area contributed by atoms with Gasteiger partial charge in [-0.3, -0.25) is 4.79 Å². The Morgan fingerprint density at radius 2 is 2.39 bits per heavy atom. The number of carbonyl (C=O) groups excluding carboxylic acids is 1. The predicted molar refractivity (Wildman–Crippen MR) is 74.5 cm³/mol. The summed E-state index contributed by atoms with van der Waals surface area (Å²) in [7, 11) is 0. The van der Waals surface area contributed by atoms with Gasteiger partial charge in [0.05, 0.1) is 16.1 Å². The van der Waals surface area contributed by atoms with Crippen molar-refractivity contribution in [2.24, 2.45) is 0 Å². The molecule has 0 saturated carbocycles. The van der Waals surface area contributed by atoms with Crippen molar-refractivity contribution in [3.63, 3.8) is 0 Å². The molecule has 0 spiro atoms. The van der Waals surface area contributed by atoms with Gasteiger partial charge in [-0.1, -0.05) is 6.07 Å². The number of nitrogen functional groups attached to an aromatic ring is 1. The van der Waals surface area contributed by atoms with Crippen LogP contribution in [0.15, 0.2) is 22.7 Å². The molecule has 3 N–H and O–H groups in total. The van der Waals surface area contributed by atoms with Crippen LogP contribution >= 0.6 is 15.9 Å². The Morgan fingerprint density at radius 3 is 3.11 bits per heavy atom. The number of nitrogens with one attached hydrogen (secondary N) is 1. The summed E-state index contributed by atoms with van der Waals surface area (Å²) in [5.74, 6) is -0.104. The third-order valence-corrected chi connectivity index (χ3v) is 3.93. The molecule has 1 amide bonds. The maximum Gasteiger partial charge on any atom is 0.252 e. The summed E-state index contributed by atoms with van der Waals surface area (Å²) < 4.78 is 6.16. The Bertz CT molecular complexity index is 431. The third-order valence-electron chi connectivity index (χ3n) is 3.05. The zero-order valence-corrected chi connectivity index (χ0v) is 11.7. The molecule has 1 aromatic carbocycles. The molecule has 0 aliphatic carbocycles. The fraction of sp³-hybridized carbons (Fsp3) is 0.462. The van der Waals surface area contributed by atoms with Crippen molar-refractivity contribution in [2.45, 2.75) is 25.4 Å². The van der Waals surface area contributed by atoms with E-state index in [1.165, 1.54) is 0 Å². The molecular formula is C13H17BrN2O2. The van der Waals surface area contributed by atoms with Crippen LogP contribution in [0.5, 0.6) is 0 Å². The first kappa shape index (κ1) is 13.4. The monoisotopic (exact) mass is 312 g/mol. The van der Waals surface area contributed by atoms with Gasteiger partial charge in [0.2, 0.25) is 0 Å². The third kappa shape index (κ3) is 3.23. The number of benzene rings is 1. The van der Waals surface area contributed by atoms with Gasteiger partial charge in [-0.2, -0.15) is 0 Å². The second kappa shape index (κ2) is 6.20. The number of rotatable bonds is 4. The van der Waals surface area contributed by atoms with Gasteiger partial charge in [0.25, 0.3) is 5.91 Å². The molecule has 1 aliphatic rings. The van der Waals surface area contributed by atoms with Crippen LogP contribution in [-0.4, -0.2) is 25.2 Å². The Kier molecular flexibility index (Phi) is 4.60. The van der Waals surface area contributed by atoms with Crippen LogP contribution < -0.4 is 11.1 Å². The minimum absolute atomic E-state index is 0.104. The fourth-order valence-corrected chi connectivity index (χ4v) is 2.48. The highest BCUT2D eigenvalue weighted by Gasteiger charge is 2.16. The summed E-state index contributed by atoms with van der Waals surface area (Å²) in [5.41, 5.74) is 6.88. The van der Waals surface area contributed by atoms with Crippen LogP contribution in [0, 0.1) is 0 Å². The molecule has 5 heteroatoms. The minimum Gasteiger partial charge on any atom is -0.398 e. The van der Waals surface area contributed by atoms with Crippen molar-refractivity contribution < 1.29 is 9.53 Å². The van der Waals surface area contributed by atoms with Gasteiger partial charge >= 0.3 is 0 Å². The van der Waals surface area contributed by atoms with E-state index in [1.54, 1.807) is 18.2 Å². The van der Waals surface area contributed by atoms with Crippen LogP contribution in [-0.2, 0) is 4.74 Å². The molecule has 0 bridgehead atoms. The Hall–Kier alpha value is -1.07. The van der Waals surface area contributed by atoms with E-state index in [0.29, 0.717) is 28.4 Å². The molecule has 98 valence electrons. The van der Waals surface area contributed by atoms with E-state index in [2.05, 4.69) is 21.2 Å². The fourth-order valence-electron chi connectivity index (χ4n) is 2.04. The molecule has 18 heavy (non-hydrogen) atoms. The average Bonchev–Trinajstić information content (AvgIpc) is 2.85. The first-order chi connectivity index (χ1) is 8.68. The molecule has 2 rings (SSSR count). The number of nitrogens with two attached hydrogens (primary N) is 1. The normalized spacial score (nSPS) is 18.8. The zero-order chi connectivity index (χ0) is 13.0. The molecule has 4 nitrogen and oxygen atoms in total. The number of hydrogen-bond acceptors (Lipinski definition) is 3. The van der Waals surface area contributed by atoms with Gasteiger partial charge in [0, 0.05) is 18.8 Å². The number of carbonyl (C=O) groups is 1. The largest absolute Gasteiger partial charge is 0.398 e. The van der Waals surface area contributed by atoms with E-state index in [-0.39, 0.29) is 5.91 Å². The molecular weight excluding hydrogens is 296 g/mol. The number of amides is 1. The Labute approximate surface area is 115 Å². The number of anilines is 1. The Balaban J connectivity index is 1.85. The van der Waals surface area contributed by atoms with Crippen LogP contribution in [0.25, 0.3) is 0 Å². The van der Waals surface area contributed by atoms with Crippen molar-refractivity contribution in [3.8, 4) is 0 Å². The highest BCUT2D eigenvalue weighted by atomic mass is 79.9. The summed E-state index contributed by atoms with van der Waals surface area (Å²) in [5, 5.41) is 2.89. The molecule has 1 unspecified atom stereocenters. The number of ether oxygens (including phenoxy) is 1.